The molecule has 118 valence electrons. The fourth-order valence-electron chi connectivity index (χ4n) is 2.87. The van der Waals surface area contributed by atoms with Crippen LogP contribution < -0.4 is 5.32 Å². The smallest absolute Gasteiger partial charge is 0.243 e. The standard InChI is InChI=1S/C16H26N2O2S/c1-4-16(17-3)14-6-5-7-15(12-14)21(19,20)18-10-8-13(2)9-11-18/h5-7,12-13,16-17H,4,8-11H2,1-3H3. The molecule has 4 nitrogen and oxygen atoms in total. The lowest BCUT2D eigenvalue weighted by atomic mass is 10.0. The lowest BCUT2D eigenvalue weighted by molar-refractivity contribution is 0.288. The Bertz CT molecular complexity index is 559. The van der Waals surface area contributed by atoms with Gasteiger partial charge in [0.15, 0.2) is 0 Å². The highest BCUT2D eigenvalue weighted by molar-refractivity contribution is 7.89. The number of nitrogens with zero attached hydrogens (tertiary/aromatic N) is 1. The third kappa shape index (κ3) is 3.65. The Morgan fingerprint density at radius 2 is 2.00 bits per heavy atom. The van der Waals surface area contributed by atoms with Crippen molar-refractivity contribution in [2.24, 2.45) is 5.92 Å². The highest BCUT2D eigenvalue weighted by Crippen LogP contribution is 2.25. The van der Waals surface area contributed by atoms with Gasteiger partial charge < -0.3 is 5.32 Å². The van der Waals surface area contributed by atoms with Crippen molar-refractivity contribution in [3.63, 3.8) is 0 Å². The zero-order valence-corrected chi connectivity index (χ0v) is 14.0. The molecule has 1 unspecified atom stereocenters. The van der Waals surface area contributed by atoms with Crippen molar-refractivity contribution in [1.82, 2.24) is 9.62 Å². The van der Waals surface area contributed by atoms with E-state index in [1.54, 1.807) is 10.4 Å². The molecule has 1 N–H and O–H groups in total. The van der Waals surface area contributed by atoms with Crippen molar-refractivity contribution >= 4 is 10.0 Å². The maximum Gasteiger partial charge on any atom is 0.243 e. The number of benzene rings is 1. The summed E-state index contributed by atoms with van der Waals surface area (Å²) in [6.45, 7) is 5.55. The van der Waals surface area contributed by atoms with Crippen molar-refractivity contribution in [3.05, 3.63) is 29.8 Å². The summed E-state index contributed by atoms with van der Waals surface area (Å²) in [5, 5.41) is 3.22. The van der Waals surface area contributed by atoms with Crippen LogP contribution in [-0.4, -0.2) is 32.9 Å². The summed E-state index contributed by atoms with van der Waals surface area (Å²) in [6.07, 6.45) is 2.83. The molecule has 0 aliphatic carbocycles. The molecule has 0 aromatic heterocycles. The predicted molar refractivity (Wildman–Crippen MR) is 85.7 cm³/mol. The maximum atomic E-state index is 12.8. The predicted octanol–water partition coefficient (Wildman–Crippen LogP) is 2.78. The van der Waals surface area contributed by atoms with E-state index in [-0.39, 0.29) is 6.04 Å². The van der Waals surface area contributed by atoms with Gasteiger partial charge >= 0.3 is 0 Å². The molecule has 2 rings (SSSR count). The number of nitrogens with one attached hydrogen (secondary N) is 1. The molecule has 0 radical (unpaired) electrons. The van der Waals surface area contributed by atoms with Crippen LogP contribution in [0.25, 0.3) is 0 Å². The SMILES string of the molecule is CCC(NC)c1cccc(S(=O)(=O)N2CCC(C)CC2)c1. The van der Waals surface area contributed by atoms with Gasteiger partial charge in [-0.25, -0.2) is 8.42 Å². The number of piperidine rings is 1. The minimum absolute atomic E-state index is 0.196. The summed E-state index contributed by atoms with van der Waals surface area (Å²) in [5.41, 5.74) is 1.03. The molecule has 21 heavy (non-hydrogen) atoms. The van der Waals surface area contributed by atoms with Gasteiger partial charge in [0.25, 0.3) is 0 Å². The number of hydrogen-bond acceptors (Lipinski definition) is 3. The minimum Gasteiger partial charge on any atom is -0.313 e. The van der Waals surface area contributed by atoms with Crippen molar-refractivity contribution < 1.29 is 8.42 Å². The third-order valence-corrected chi connectivity index (χ3v) is 6.29. The topological polar surface area (TPSA) is 49.4 Å². The largest absolute Gasteiger partial charge is 0.313 e. The van der Waals surface area contributed by atoms with Gasteiger partial charge in [0.05, 0.1) is 4.90 Å². The summed E-state index contributed by atoms with van der Waals surface area (Å²) >= 11 is 0. The Balaban J connectivity index is 2.26. The van der Waals surface area contributed by atoms with Crippen molar-refractivity contribution in [2.45, 2.75) is 44.0 Å². The second kappa shape index (κ2) is 6.90. The first-order valence-electron chi connectivity index (χ1n) is 7.76. The lowest BCUT2D eigenvalue weighted by Crippen LogP contribution is -2.37. The summed E-state index contributed by atoms with van der Waals surface area (Å²) in [5.74, 6) is 0.622. The first-order chi connectivity index (χ1) is 9.98. The van der Waals surface area contributed by atoms with E-state index in [2.05, 4.69) is 19.2 Å². The summed E-state index contributed by atoms with van der Waals surface area (Å²) in [4.78, 5) is 0.420. The molecule has 1 atom stereocenters. The Labute approximate surface area is 128 Å². The average molecular weight is 310 g/mol. The van der Waals surface area contributed by atoms with Crippen molar-refractivity contribution in [1.29, 1.82) is 0 Å². The van der Waals surface area contributed by atoms with E-state index in [9.17, 15) is 8.42 Å². The van der Waals surface area contributed by atoms with Crippen LogP contribution in [0.5, 0.6) is 0 Å². The molecule has 1 fully saturated rings. The fraction of sp³-hybridized carbons (Fsp3) is 0.625. The van der Waals surface area contributed by atoms with Crippen molar-refractivity contribution in [3.8, 4) is 0 Å². The van der Waals surface area contributed by atoms with Gasteiger partial charge in [-0.1, -0.05) is 26.0 Å². The molecule has 1 saturated heterocycles. The van der Waals surface area contributed by atoms with E-state index in [1.165, 1.54) is 0 Å². The maximum absolute atomic E-state index is 12.8. The van der Waals surface area contributed by atoms with Crippen LogP contribution in [0.15, 0.2) is 29.2 Å². The second-order valence-corrected chi connectivity index (χ2v) is 7.85. The van der Waals surface area contributed by atoms with E-state index in [4.69, 9.17) is 0 Å². The highest BCUT2D eigenvalue weighted by atomic mass is 32.2. The van der Waals surface area contributed by atoms with Crippen LogP contribution in [0.3, 0.4) is 0 Å². The zero-order valence-electron chi connectivity index (χ0n) is 13.2. The van der Waals surface area contributed by atoms with Crippen LogP contribution in [-0.2, 0) is 10.0 Å². The molecule has 1 aromatic rings. The Kier molecular flexibility index (Phi) is 5.41. The summed E-state index contributed by atoms with van der Waals surface area (Å²) in [6, 6.07) is 7.55. The molecular weight excluding hydrogens is 284 g/mol. The van der Waals surface area contributed by atoms with Gasteiger partial charge in [0.1, 0.15) is 0 Å². The molecule has 1 aromatic carbocycles. The molecule has 0 spiro atoms. The van der Waals surface area contributed by atoms with E-state index in [0.29, 0.717) is 23.9 Å². The van der Waals surface area contributed by atoms with Gasteiger partial charge in [0, 0.05) is 19.1 Å². The van der Waals surface area contributed by atoms with E-state index in [0.717, 1.165) is 24.8 Å². The lowest BCUT2D eigenvalue weighted by Gasteiger charge is -2.29. The molecular formula is C16H26N2O2S. The molecule has 5 heteroatoms. The van der Waals surface area contributed by atoms with Crippen LogP contribution in [0, 0.1) is 5.92 Å². The number of hydrogen-bond donors (Lipinski definition) is 1. The Hall–Kier alpha value is -0.910. The average Bonchev–Trinajstić information content (AvgIpc) is 2.49. The first kappa shape index (κ1) is 16.5. The van der Waals surface area contributed by atoms with Gasteiger partial charge in [-0.15, -0.1) is 0 Å². The molecule has 0 amide bonds. The highest BCUT2D eigenvalue weighted by Gasteiger charge is 2.28. The van der Waals surface area contributed by atoms with Gasteiger partial charge in [-0.3, -0.25) is 0 Å². The summed E-state index contributed by atoms with van der Waals surface area (Å²) < 4.78 is 27.1. The Morgan fingerprint density at radius 1 is 1.33 bits per heavy atom. The van der Waals surface area contributed by atoms with Crippen LogP contribution in [0.1, 0.15) is 44.7 Å². The first-order valence-corrected chi connectivity index (χ1v) is 9.20. The van der Waals surface area contributed by atoms with Crippen LogP contribution in [0.4, 0.5) is 0 Å². The quantitative estimate of drug-likeness (QED) is 0.910. The fourth-order valence-corrected chi connectivity index (χ4v) is 4.40. The van der Waals surface area contributed by atoms with E-state index < -0.39 is 10.0 Å². The zero-order chi connectivity index (χ0) is 15.5. The van der Waals surface area contributed by atoms with Gasteiger partial charge in [-0.2, -0.15) is 4.31 Å². The van der Waals surface area contributed by atoms with Crippen LogP contribution in [0.2, 0.25) is 0 Å². The normalized spacial score (nSPS) is 19.6. The molecule has 1 aliphatic heterocycles. The second-order valence-electron chi connectivity index (χ2n) is 5.91. The number of sulfonamides is 1. The van der Waals surface area contributed by atoms with Crippen molar-refractivity contribution in [2.75, 3.05) is 20.1 Å². The van der Waals surface area contributed by atoms with Crippen LogP contribution >= 0.6 is 0 Å². The third-order valence-electron chi connectivity index (χ3n) is 4.40. The summed E-state index contributed by atoms with van der Waals surface area (Å²) in [7, 11) is -1.45. The molecule has 0 saturated carbocycles. The number of rotatable bonds is 5. The molecule has 0 bridgehead atoms. The monoisotopic (exact) mass is 310 g/mol. The molecule has 1 heterocycles. The minimum atomic E-state index is -3.35. The van der Waals surface area contributed by atoms with Gasteiger partial charge in [0.2, 0.25) is 10.0 Å². The Morgan fingerprint density at radius 3 is 2.57 bits per heavy atom. The van der Waals surface area contributed by atoms with Gasteiger partial charge in [-0.05, 0) is 49.9 Å². The molecule has 1 aliphatic rings. The van der Waals surface area contributed by atoms with E-state index >= 15 is 0 Å². The van der Waals surface area contributed by atoms with E-state index in [1.807, 2.05) is 25.2 Å².